The number of nitrogens with two attached hydrogens (primary N) is 1. The molecule has 0 bridgehead atoms. The van der Waals surface area contributed by atoms with E-state index in [0.29, 0.717) is 5.56 Å². The van der Waals surface area contributed by atoms with E-state index in [1.807, 2.05) is 12.1 Å². The molecule has 1 aliphatic carbocycles. The highest BCUT2D eigenvalue weighted by Crippen LogP contribution is 2.31. The van der Waals surface area contributed by atoms with Gasteiger partial charge in [-0.25, -0.2) is 4.39 Å². The normalized spacial score (nSPS) is 18.8. The molecule has 2 nitrogen and oxygen atoms in total. The van der Waals surface area contributed by atoms with Crippen molar-refractivity contribution in [1.29, 1.82) is 0 Å². The van der Waals surface area contributed by atoms with E-state index in [0.717, 1.165) is 17.9 Å². The Hall–Kier alpha value is -0.930. The van der Waals surface area contributed by atoms with Gasteiger partial charge in [0.05, 0.1) is 0 Å². The van der Waals surface area contributed by atoms with Crippen LogP contribution in [0.4, 0.5) is 4.39 Å². The lowest BCUT2D eigenvalue weighted by Gasteiger charge is -2.26. The zero-order valence-corrected chi connectivity index (χ0v) is 11.1. The Morgan fingerprint density at radius 1 is 1.33 bits per heavy atom. The number of hydrogen-bond donors (Lipinski definition) is 2. The third-order valence-corrected chi connectivity index (χ3v) is 4.09. The van der Waals surface area contributed by atoms with Crippen LogP contribution in [0.15, 0.2) is 18.2 Å². The molecule has 0 heterocycles. The Morgan fingerprint density at radius 3 is 2.67 bits per heavy atom. The van der Waals surface area contributed by atoms with Crippen molar-refractivity contribution in [1.82, 2.24) is 5.43 Å². The number of hydrazine groups is 1. The minimum absolute atomic E-state index is 0.0724. The Labute approximate surface area is 109 Å². The maximum absolute atomic E-state index is 13.6. The van der Waals surface area contributed by atoms with E-state index in [2.05, 4.69) is 5.43 Å². The first kappa shape index (κ1) is 13.5. The number of aryl methyl sites for hydroxylation is 1. The van der Waals surface area contributed by atoms with Gasteiger partial charge in [-0.1, -0.05) is 44.2 Å². The van der Waals surface area contributed by atoms with Crippen LogP contribution in [0, 0.1) is 18.7 Å². The topological polar surface area (TPSA) is 38.0 Å². The monoisotopic (exact) mass is 250 g/mol. The van der Waals surface area contributed by atoms with Crippen molar-refractivity contribution in [2.45, 2.75) is 51.5 Å². The summed E-state index contributed by atoms with van der Waals surface area (Å²) in [5.41, 5.74) is 4.50. The third-order valence-electron chi connectivity index (χ3n) is 4.09. The number of nitrogens with one attached hydrogen (secondary N) is 1. The molecule has 1 aliphatic rings. The van der Waals surface area contributed by atoms with Crippen molar-refractivity contribution >= 4 is 0 Å². The standard InChI is InChI=1S/C15H23FN2/c1-11-7-8-13(10-14(11)16)15(18-17)9-12-5-3-2-4-6-12/h7-8,10,12,15,18H,2-6,9,17H2,1H3. The second-order valence-electron chi connectivity index (χ2n) is 5.47. The van der Waals surface area contributed by atoms with E-state index >= 15 is 0 Å². The quantitative estimate of drug-likeness (QED) is 0.633. The summed E-state index contributed by atoms with van der Waals surface area (Å²) in [5.74, 6) is 6.22. The summed E-state index contributed by atoms with van der Waals surface area (Å²) in [5, 5.41) is 0. The molecular formula is C15H23FN2. The summed E-state index contributed by atoms with van der Waals surface area (Å²) in [4.78, 5) is 0. The van der Waals surface area contributed by atoms with Gasteiger partial charge in [0.2, 0.25) is 0 Å². The number of halogens is 1. The lowest BCUT2D eigenvalue weighted by molar-refractivity contribution is 0.301. The third kappa shape index (κ3) is 3.30. The van der Waals surface area contributed by atoms with Gasteiger partial charge in [0.25, 0.3) is 0 Å². The average Bonchev–Trinajstić information content (AvgIpc) is 2.40. The Bertz CT molecular complexity index is 386. The van der Waals surface area contributed by atoms with E-state index < -0.39 is 0 Å². The summed E-state index contributed by atoms with van der Waals surface area (Å²) < 4.78 is 13.6. The zero-order chi connectivity index (χ0) is 13.0. The summed E-state index contributed by atoms with van der Waals surface area (Å²) in [6.07, 6.45) is 7.59. The molecule has 3 heteroatoms. The van der Waals surface area contributed by atoms with Gasteiger partial charge in [-0.2, -0.15) is 0 Å². The van der Waals surface area contributed by atoms with Crippen LogP contribution in [-0.2, 0) is 0 Å². The second kappa shape index (κ2) is 6.30. The summed E-state index contributed by atoms with van der Waals surface area (Å²) in [7, 11) is 0. The molecule has 18 heavy (non-hydrogen) atoms. The molecule has 0 amide bonds. The van der Waals surface area contributed by atoms with Gasteiger partial charge < -0.3 is 0 Å². The van der Waals surface area contributed by atoms with E-state index in [9.17, 15) is 4.39 Å². The molecule has 1 saturated carbocycles. The van der Waals surface area contributed by atoms with Gasteiger partial charge in [-0.3, -0.25) is 11.3 Å². The fourth-order valence-corrected chi connectivity index (χ4v) is 2.88. The molecule has 3 N–H and O–H groups in total. The van der Waals surface area contributed by atoms with Crippen LogP contribution >= 0.6 is 0 Å². The number of benzene rings is 1. The molecule has 1 atom stereocenters. The maximum atomic E-state index is 13.6. The molecule has 0 spiro atoms. The first-order chi connectivity index (χ1) is 8.70. The van der Waals surface area contributed by atoms with Crippen LogP contribution in [0.1, 0.15) is 55.7 Å². The number of hydrogen-bond acceptors (Lipinski definition) is 2. The minimum atomic E-state index is -0.142. The fraction of sp³-hybridized carbons (Fsp3) is 0.600. The van der Waals surface area contributed by atoms with Gasteiger partial charge in [0.1, 0.15) is 5.82 Å². The number of rotatable bonds is 4. The van der Waals surface area contributed by atoms with Crippen molar-refractivity contribution in [2.24, 2.45) is 11.8 Å². The van der Waals surface area contributed by atoms with Crippen LogP contribution in [0.25, 0.3) is 0 Å². The molecule has 2 rings (SSSR count). The smallest absolute Gasteiger partial charge is 0.126 e. The maximum Gasteiger partial charge on any atom is 0.126 e. The highest BCUT2D eigenvalue weighted by molar-refractivity contribution is 5.25. The van der Waals surface area contributed by atoms with Crippen LogP contribution in [0.3, 0.4) is 0 Å². The first-order valence-electron chi connectivity index (χ1n) is 6.93. The van der Waals surface area contributed by atoms with Crippen LogP contribution < -0.4 is 11.3 Å². The Morgan fingerprint density at radius 2 is 2.06 bits per heavy atom. The van der Waals surface area contributed by atoms with Gasteiger partial charge >= 0.3 is 0 Å². The van der Waals surface area contributed by atoms with Crippen molar-refractivity contribution in [3.05, 3.63) is 35.1 Å². The van der Waals surface area contributed by atoms with E-state index in [1.54, 1.807) is 13.0 Å². The molecular weight excluding hydrogens is 227 g/mol. The van der Waals surface area contributed by atoms with Gasteiger partial charge in [-0.05, 0) is 36.5 Å². The molecule has 1 aromatic rings. The summed E-state index contributed by atoms with van der Waals surface area (Å²) >= 11 is 0. The SMILES string of the molecule is Cc1ccc(C(CC2CCCCC2)NN)cc1F. The van der Waals surface area contributed by atoms with Gasteiger partial charge in [0.15, 0.2) is 0 Å². The van der Waals surface area contributed by atoms with Crippen molar-refractivity contribution in [3.63, 3.8) is 0 Å². The van der Waals surface area contributed by atoms with E-state index in [4.69, 9.17) is 5.84 Å². The highest BCUT2D eigenvalue weighted by Gasteiger charge is 2.19. The molecule has 0 saturated heterocycles. The highest BCUT2D eigenvalue weighted by atomic mass is 19.1. The fourth-order valence-electron chi connectivity index (χ4n) is 2.88. The lowest BCUT2D eigenvalue weighted by Crippen LogP contribution is -2.30. The minimum Gasteiger partial charge on any atom is -0.271 e. The molecule has 1 aromatic carbocycles. The van der Waals surface area contributed by atoms with Gasteiger partial charge in [0, 0.05) is 6.04 Å². The van der Waals surface area contributed by atoms with Crippen LogP contribution in [-0.4, -0.2) is 0 Å². The van der Waals surface area contributed by atoms with Crippen molar-refractivity contribution in [3.8, 4) is 0 Å². The Balaban J connectivity index is 2.04. The predicted octanol–water partition coefficient (Wildman–Crippen LogP) is 3.61. The van der Waals surface area contributed by atoms with Crippen LogP contribution in [0.5, 0.6) is 0 Å². The second-order valence-corrected chi connectivity index (χ2v) is 5.47. The summed E-state index contributed by atoms with van der Waals surface area (Å²) in [6, 6.07) is 5.49. The first-order valence-corrected chi connectivity index (χ1v) is 6.93. The Kier molecular flexibility index (Phi) is 4.72. The summed E-state index contributed by atoms with van der Waals surface area (Å²) in [6.45, 7) is 1.78. The average molecular weight is 250 g/mol. The van der Waals surface area contributed by atoms with Gasteiger partial charge in [-0.15, -0.1) is 0 Å². The molecule has 100 valence electrons. The van der Waals surface area contributed by atoms with Crippen molar-refractivity contribution in [2.75, 3.05) is 0 Å². The van der Waals surface area contributed by atoms with Crippen molar-refractivity contribution < 1.29 is 4.39 Å². The lowest BCUT2D eigenvalue weighted by atomic mass is 9.83. The van der Waals surface area contributed by atoms with Crippen LogP contribution in [0.2, 0.25) is 0 Å². The molecule has 0 aliphatic heterocycles. The molecule has 0 radical (unpaired) electrons. The largest absolute Gasteiger partial charge is 0.271 e. The molecule has 0 aromatic heterocycles. The molecule has 1 unspecified atom stereocenters. The van der Waals surface area contributed by atoms with E-state index in [-0.39, 0.29) is 11.9 Å². The predicted molar refractivity (Wildman–Crippen MR) is 72.4 cm³/mol. The zero-order valence-electron chi connectivity index (χ0n) is 11.1. The molecule has 1 fully saturated rings. The van der Waals surface area contributed by atoms with E-state index in [1.165, 1.54) is 32.1 Å².